The SMILES string of the molecule is CCCCCCCCCCCCCCCCCCCCCCC1N(Cc2ccccc2)c2ccccc2N1S(=O)(=O)[O-].CCCCCCCCCCCCCCCCCCCCCCC1N(Cc2ccccc2)c2ccccc2N1S(=O)(=O)[O-].[Ca+2]. The molecule has 0 bridgehead atoms. The Balaban J connectivity index is 0.000000360. The number of anilines is 4. The molecule has 0 aliphatic carbocycles. The molecule has 2 aliphatic heterocycles. The molecule has 0 radical (unpaired) electrons. The summed E-state index contributed by atoms with van der Waals surface area (Å²) in [6.07, 6.45) is 53.7. The van der Waals surface area contributed by atoms with Crippen LogP contribution in [-0.4, -0.2) is 76.0 Å². The van der Waals surface area contributed by atoms with E-state index in [2.05, 4.69) is 23.6 Å². The predicted molar refractivity (Wildman–Crippen MR) is 361 cm³/mol. The van der Waals surface area contributed by atoms with Crippen LogP contribution in [0, 0.1) is 0 Å². The van der Waals surface area contributed by atoms with Crippen molar-refractivity contribution in [2.45, 2.75) is 309 Å². The summed E-state index contributed by atoms with van der Waals surface area (Å²) in [5.41, 5.74) is 4.85. The largest absolute Gasteiger partial charge is 2.00 e. The number of unbranched alkanes of at least 4 members (excludes halogenated alkanes) is 38. The van der Waals surface area contributed by atoms with Crippen molar-refractivity contribution in [1.29, 1.82) is 0 Å². The number of rotatable bonds is 48. The molecule has 2 aliphatic rings. The van der Waals surface area contributed by atoms with E-state index < -0.39 is 32.9 Å². The Morgan fingerprint density at radius 2 is 0.494 bits per heavy atom. The van der Waals surface area contributed by atoms with Gasteiger partial charge in [0.2, 0.25) is 0 Å². The fraction of sp³-hybridized carbons (Fsp3) is 0.667. The zero-order valence-corrected chi connectivity index (χ0v) is 57.3. The molecule has 4 aromatic carbocycles. The summed E-state index contributed by atoms with van der Waals surface area (Å²) in [4.78, 5) is 4.19. The van der Waals surface area contributed by atoms with E-state index in [4.69, 9.17) is 0 Å². The van der Waals surface area contributed by atoms with Crippen molar-refractivity contribution in [1.82, 2.24) is 0 Å². The fourth-order valence-electron chi connectivity index (χ4n) is 12.9. The Morgan fingerprint density at radius 3 is 0.718 bits per heavy atom. The predicted octanol–water partition coefficient (Wildman–Crippen LogP) is 20.6. The van der Waals surface area contributed by atoms with Crippen LogP contribution < -0.4 is 18.4 Å². The van der Waals surface area contributed by atoms with Crippen LogP contribution in [0.3, 0.4) is 0 Å². The first-order chi connectivity index (χ1) is 41.0. The van der Waals surface area contributed by atoms with E-state index in [9.17, 15) is 25.9 Å². The number of nitrogens with zero attached hydrogens (tertiary/aromatic N) is 4. The van der Waals surface area contributed by atoms with E-state index in [1.165, 1.54) is 231 Å². The summed E-state index contributed by atoms with van der Waals surface area (Å²) in [6.45, 7) is 5.72. The number of benzene rings is 4. The van der Waals surface area contributed by atoms with Crippen LogP contribution >= 0.6 is 0 Å². The minimum atomic E-state index is -4.62. The first kappa shape index (κ1) is 74.6. The monoisotopic (exact) mass is 1230 g/mol. The van der Waals surface area contributed by atoms with Crippen molar-refractivity contribution < 1.29 is 25.9 Å². The smallest absolute Gasteiger partial charge is 0.731 e. The van der Waals surface area contributed by atoms with Crippen LogP contribution in [0.15, 0.2) is 109 Å². The second kappa shape index (κ2) is 45.4. The third-order valence-electron chi connectivity index (χ3n) is 17.6. The topological polar surface area (TPSA) is 127 Å². The molecule has 0 aromatic heterocycles. The number of hydrogen-bond acceptors (Lipinski definition) is 8. The van der Waals surface area contributed by atoms with Crippen molar-refractivity contribution >= 4 is 81.1 Å². The van der Waals surface area contributed by atoms with Gasteiger partial charge in [0.25, 0.3) is 0 Å². The average Bonchev–Trinajstić information content (AvgIpc) is 1.83. The van der Waals surface area contributed by atoms with Gasteiger partial charge >= 0.3 is 37.7 Å². The van der Waals surface area contributed by atoms with Gasteiger partial charge < -0.3 is 18.9 Å². The summed E-state index contributed by atoms with van der Waals surface area (Å²) in [6, 6.07) is 34.9. The van der Waals surface area contributed by atoms with Crippen LogP contribution in [0.1, 0.15) is 295 Å². The van der Waals surface area contributed by atoms with Gasteiger partial charge in [-0.2, -0.15) is 0 Å². The molecule has 0 fully saturated rings. The zero-order valence-electron chi connectivity index (χ0n) is 53.4. The number of hydrogen-bond donors (Lipinski definition) is 0. The van der Waals surface area contributed by atoms with E-state index in [-0.39, 0.29) is 37.7 Å². The Hall–Kier alpha value is -2.84. The van der Waals surface area contributed by atoms with Gasteiger partial charge in [-0.1, -0.05) is 343 Å². The van der Waals surface area contributed by atoms with Gasteiger partial charge in [0, 0.05) is 13.1 Å². The molecule has 472 valence electrons. The molecule has 0 spiro atoms. The normalized spacial score (nSPS) is 14.8. The summed E-state index contributed by atoms with van der Waals surface area (Å²) in [5, 5.41) is 0. The summed E-state index contributed by atoms with van der Waals surface area (Å²) in [5.74, 6) is 0. The second-order valence-electron chi connectivity index (χ2n) is 24.7. The molecule has 0 N–H and O–H groups in total. The van der Waals surface area contributed by atoms with Gasteiger partial charge in [-0.05, 0) is 61.1 Å². The quantitative estimate of drug-likeness (QED) is 0.0243. The van der Waals surface area contributed by atoms with Crippen molar-refractivity contribution in [3.8, 4) is 0 Å². The van der Waals surface area contributed by atoms with Gasteiger partial charge in [0.05, 0.1) is 22.7 Å². The van der Waals surface area contributed by atoms with Gasteiger partial charge in [-0.3, -0.25) is 8.61 Å². The second-order valence-corrected chi connectivity index (χ2v) is 27.2. The zero-order chi connectivity index (χ0) is 59.8. The molecular formula is C72H114CaN4O6S2. The molecule has 0 saturated carbocycles. The third kappa shape index (κ3) is 29.6. The maximum Gasteiger partial charge on any atom is 2.00 e. The Kier molecular flexibility index (Phi) is 39.9. The molecule has 0 amide bonds. The van der Waals surface area contributed by atoms with Gasteiger partial charge in [0.15, 0.2) is 20.6 Å². The summed E-state index contributed by atoms with van der Waals surface area (Å²) >= 11 is 0. The van der Waals surface area contributed by atoms with E-state index in [1.54, 1.807) is 24.3 Å². The number of para-hydroxylation sites is 4. The molecular weight excluding hydrogens is 1120 g/mol. The van der Waals surface area contributed by atoms with E-state index >= 15 is 0 Å². The van der Waals surface area contributed by atoms with Gasteiger partial charge in [-0.25, -0.2) is 16.8 Å². The first-order valence-electron chi connectivity index (χ1n) is 34.3. The molecule has 85 heavy (non-hydrogen) atoms. The first-order valence-corrected chi connectivity index (χ1v) is 37.1. The van der Waals surface area contributed by atoms with Crippen molar-refractivity contribution in [2.75, 3.05) is 18.4 Å². The van der Waals surface area contributed by atoms with Crippen molar-refractivity contribution in [3.63, 3.8) is 0 Å². The molecule has 13 heteroatoms. The van der Waals surface area contributed by atoms with Crippen LogP contribution in [0.2, 0.25) is 0 Å². The van der Waals surface area contributed by atoms with Crippen LogP contribution in [0.25, 0.3) is 0 Å². The Bertz CT molecular complexity index is 2330. The Morgan fingerprint density at radius 1 is 0.294 bits per heavy atom. The maximum atomic E-state index is 12.4. The number of fused-ring (bicyclic) bond motifs is 2. The molecule has 10 nitrogen and oxygen atoms in total. The van der Waals surface area contributed by atoms with E-state index in [1.807, 2.05) is 84.9 Å². The van der Waals surface area contributed by atoms with Crippen LogP contribution in [0.4, 0.5) is 22.7 Å². The van der Waals surface area contributed by atoms with Crippen LogP contribution in [-0.2, 0) is 33.7 Å². The molecule has 6 rings (SSSR count). The fourth-order valence-corrected chi connectivity index (χ4v) is 14.7. The molecule has 2 atom stereocenters. The van der Waals surface area contributed by atoms with Crippen molar-refractivity contribution in [2.24, 2.45) is 0 Å². The molecule has 4 aromatic rings. The Labute approximate surface area is 550 Å². The molecule has 0 saturated heterocycles. The van der Waals surface area contributed by atoms with E-state index in [0.717, 1.165) is 56.8 Å². The maximum absolute atomic E-state index is 12.4. The minimum Gasteiger partial charge on any atom is -0.731 e. The van der Waals surface area contributed by atoms with Crippen LogP contribution in [0.5, 0.6) is 0 Å². The molecule has 2 unspecified atom stereocenters. The minimum absolute atomic E-state index is 0. The average molecular weight is 1240 g/mol. The summed E-state index contributed by atoms with van der Waals surface area (Å²) < 4.78 is 76.4. The van der Waals surface area contributed by atoms with E-state index in [0.29, 0.717) is 37.3 Å². The molecule has 2 heterocycles. The van der Waals surface area contributed by atoms with Gasteiger partial charge in [-0.15, -0.1) is 0 Å². The third-order valence-corrected chi connectivity index (χ3v) is 19.5. The standard InChI is InChI=1S/2C36H58N2O3S.Ca/c2*1-2-3-4-5-6-7-8-9-10-11-12-13-14-15-16-17-18-19-20-24-31-36-37(32-33-27-22-21-23-28-33)34-29-25-26-30-35(34)38(36)42(39,40)41;/h2*21-23,25-30,36H,2-20,24,31-32H2,1H3,(H,39,40,41);/q;;+2/p-2. The van der Waals surface area contributed by atoms with Gasteiger partial charge in [0.1, 0.15) is 12.3 Å². The summed E-state index contributed by atoms with van der Waals surface area (Å²) in [7, 11) is -9.25. The van der Waals surface area contributed by atoms with Crippen molar-refractivity contribution in [3.05, 3.63) is 120 Å².